The Hall–Kier alpha value is -3.92. The SMILES string of the molecule is COC(C)c1nc2ccc(-c3cccc4nc(Nc5ccc(C(F)(F)F)cc5)nn34)cc2[nH]1. The fraction of sp³-hybridized carbons (Fsp3) is 0.174. The highest BCUT2D eigenvalue weighted by atomic mass is 19.4. The summed E-state index contributed by atoms with van der Waals surface area (Å²) in [7, 11) is 1.63. The van der Waals surface area contributed by atoms with Gasteiger partial charge in [0.2, 0.25) is 5.95 Å². The number of H-pyrrole nitrogens is 1. The summed E-state index contributed by atoms with van der Waals surface area (Å²) in [6.45, 7) is 1.92. The minimum Gasteiger partial charge on any atom is -0.374 e. The van der Waals surface area contributed by atoms with Crippen LogP contribution in [0.4, 0.5) is 24.8 Å². The molecule has 7 nitrogen and oxygen atoms in total. The molecule has 0 saturated heterocycles. The molecule has 0 bridgehead atoms. The van der Waals surface area contributed by atoms with Crippen LogP contribution >= 0.6 is 0 Å². The first kappa shape index (κ1) is 21.0. The zero-order chi connectivity index (χ0) is 23.2. The van der Waals surface area contributed by atoms with E-state index in [-0.39, 0.29) is 12.1 Å². The Balaban J connectivity index is 1.48. The zero-order valence-electron chi connectivity index (χ0n) is 17.7. The van der Waals surface area contributed by atoms with Gasteiger partial charge < -0.3 is 15.0 Å². The number of hydrogen-bond donors (Lipinski definition) is 2. The van der Waals surface area contributed by atoms with Crippen molar-refractivity contribution in [2.75, 3.05) is 12.4 Å². The number of hydrogen-bond acceptors (Lipinski definition) is 5. The summed E-state index contributed by atoms with van der Waals surface area (Å²) in [5.41, 5.74) is 3.74. The number of fused-ring (bicyclic) bond motifs is 2. The minimum atomic E-state index is -4.38. The minimum absolute atomic E-state index is 0.154. The summed E-state index contributed by atoms with van der Waals surface area (Å²) in [5.74, 6) is 1.02. The highest BCUT2D eigenvalue weighted by molar-refractivity contribution is 5.81. The van der Waals surface area contributed by atoms with Crippen LogP contribution in [0.2, 0.25) is 0 Å². The molecular weight excluding hydrogens is 433 g/mol. The lowest BCUT2D eigenvalue weighted by Crippen LogP contribution is -2.04. The second-order valence-electron chi connectivity index (χ2n) is 7.55. The Labute approximate surface area is 186 Å². The van der Waals surface area contributed by atoms with Gasteiger partial charge in [0.15, 0.2) is 5.65 Å². The van der Waals surface area contributed by atoms with Crippen LogP contribution in [-0.4, -0.2) is 31.7 Å². The molecule has 0 radical (unpaired) electrons. The molecule has 5 aromatic rings. The molecule has 0 fully saturated rings. The molecule has 3 heterocycles. The Morgan fingerprint density at radius 3 is 2.55 bits per heavy atom. The predicted octanol–water partition coefficient (Wildman–Crippen LogP) is 5.74. The number of anilines is 2. The molecule has 0 aliphatic heterocycles. The second kappa shape index (κ2) is 7.89. The molecule has 0 aliphatic rings. The number of halogens is 3. The van der Waals surface area contributed by atoms with Crippen molar-refractivity contribution in [1.82, 2.24) is 24.6 Å². The van der Waals surface area contributed by atoms with E-state index in [0.717, 1.165) is 40.2 Å². The third-order valence-electron chi connectivity index (χ3n) is 5.36. The Kier molecular flexibility index (Phi) is 5.01. The van der Waals surface area contributed by atoms with E-state index in [1.54, 1.807) is 11.6 Å². The van der Waals surface area contributed by atoms with Crippen molar-refractivity contribution in [2.45, 2.75) is 19.2 Å². The number of nitrogens with zero attached hydrogens (tertiary/aromatic N) is 4. The summed E-state index contributed by atoms with van der Waals surface area (Å²) in [6.07, 6.45) is -4.54. The van der Waals surface area contributed by atoms with E-state index in [9.17, 15) is 13.2 Å². The van der Waals surface area contributed by atoms with Gasteiger partial charge in [-0.2, -0.15) is 18.2 Å². The quantitative estimate of drug-likeness (QED) is 0.355. The summed E-state index contributed by atoms with van der Waals surface area (Å²) in [5, 5.41) is 7.47. The van der Waals surface area contributed by atoms with Crippen molar-refractivity contribution in [2.24, 2.45) is 0 Å². The topological polar surface area (TPSA) is 80.1 Å². The van der Waals surface area contributed by atoms with E-state index >= 15 is 0 Å². The molecular formula is C23H19F3N6O. The first-order valence-electron chi connectivity index (χ1n) is 10.1. The third kappa shape index (κ3) is 4.00. The Morgan fingerprint density at radius 1 is 1.03 bits per heavy atom. The van der Waals surface area contributed by atoms with E-state index in [0.29, 0.717) is 11.3 Å². The normalized spacial score (nSPS) is 13.0. The number of aromatic nitrogens is 5. The van der Waals surface area contributed by atoms with Crippen LogP contribution in [0.15, 0.2) is 60.7 Å². The predicted molar refractivity (Wildman–Crippen MR) is 118 cm³/mol. The number of methoxy groups -OCH3 is 1. The molecule has 33 heavy (non-hydrogen) atoms. The average Bonchev–Trinajstić information content (AvgIpc) is 3.41. The lowest BCUT2D eigenvalue weighted by Gasteiger charge is -2.07. The van der Waals surface area contributed by atoms with E-state index < -0.39 is 11.7 Å². The molecule has 1 unspecified atom stereocenters. The monoisotopic (exact) mass is 452 g/mol. The van der Waals surface area contributed by atoms with Gasteiger partial charge in [-0.15, -0.1) is 5.10 Å². The van der Waals surface area contributed by atoms with Gasteiger partial charge in [0.25, 0.3) is 0 Å². The maximum Gasteiger partial charge on any atom is 0.416 e. The van der Waals surface area contributed by atoms with E-state index in [2.05, 4.69) is 25.4 Å². The lowest BCUT2D eigenvalue weighted by atomic mass is 10.1. The molecule has 0 aliphatic carbocycles. The van der Waals surface area contributed by atoms with Gasteiger partial charge in [-0.1, -0.05) is 12.1 Å². The van der Waals surface area contributed by atoms with Crippen molar-refractivity contribution >= 4 is 28.3 Å². The maximum atomic E-state index is 12.8. The second-order valence-corrected chi connectivity index (χ2v) is 7.55. The third-order valence-corrected chi connectivity index (χ3v) is 5.36. The van der Waals surface area contributed by atoms with Gasteiger partial charge in [-0.3, -0.25) is 0 Å². The summed E-state index contributed by atoms with van der Waals surface area (Å²) < 4.78 is 45.4. The number of imidazole rings is 1. The Bertz CT molecular complexity index is 1440. The highest BCUT2D eigenvalue weighted by Crippen LogP contribution is 2.30. The van der Waals surface area contributed by atoms with E-state index in [4.69, 9.17) is 4.74 Å². The van der Waals surface area contributed by atoms with Crippen molar-refractivity contribution in [3.8, 4) is 11.3 Å². The molecule has 2 N–H and O–H groups in total. The van der Waals surface area contributed by atoms with Crippen molar-refractivity contribution in [3.63, 3.8) is 0 Å². The van der Waals surface area contributed by atoms with Crippen molar-refractivity contribution in [1.29, 1.82) is 0 Å². The number of aromatic amines is 1. The first-order valence-corrected chi connectivity index (χ1v) is 10.1. The van der Waals surface area contributed by atoms with Crippen LogP contribution in [-0.2, 0) is 10.9 Å². The maximum absolute atomic E-state index is 12.8. The molecule has 5 rings (SSSR count). The number of alkyl halides is 3. The number of ether oxygens (including phenoxy) is 1. The standard InChI is InChI=1S/C23H19F3N6O/c1-13(33-2)21-28-17-11-6-14(12-18(17)29-21)19-4-3-5-20-30-22(31-32(19)20)27-16-9-7-15(8-10-16)23(24,25)26/h3-13H,1-2H3,(H,27,31)(H,28,29). The number of rotatable bonds is 5. The number of nitrogens with one attached hydrogen (secondary N) is 2. The number of benzene rings is 2. The summed E-state index contributed by atoms with van der Waals surface area (Å²) in [4.78, 5) is 12.3. The fourth-order valence-corrected chi connectivity index (χ4v) is 3.54. The first-order chi connectivity index (χ1) is 15.8. The van der Waals surface area contributed by atoms with Gasteiger partial charge in [0.05, 0.1) is 22.3 Å². The molecule has 1 atom stereocenters. The summed E-state index contributed by atoms with van der Waals surface area (Å²) >= 11 is 0. The van der Waals surface area contributed by atoms with Crippen molar-refractivity contribution < 1.29 is 17.9 Å². The van der Waals surface area contributed by atoms with Gasteiger partial charge in [-0.05, 0) is 55.5 Å². The molecule has 168 valence electrons. The van der Waals surface area contributed by atoms with Gasteiger partial charge in [-0.25, -0.2) is 9.50 Å². The molecule has 0 saturated carbocycles. The van der Waals surface area contributed by atoms with Crippen molar-refractivity contribution in [3.05, 3.63) is 72.1 Å². The van der Waals surface area contributed by atoms with E-state index in [1.807, 2.05) is 43.3 Å². The molecule has 0 spiro atoms. The molecule has 2 aromatic carbocycles. The lowest BCUT2D eigenvalue weighted by molar-refractivity contribution is -0.137. The van der Waals surface area contributed by atoms with Crippen LogP contribution in [0.3, 0.4) is 0 Å². The van der Waals surface area contributed by atoms with Crippen LogP contribution in [0.25, 0.3) is 27.9 Å². The van der Waals surface area contributed by atoms with Crippen LogP contribution in [0.5, 0.6) is 0 Å². The molecule has 10 heteroatoms. The highest BCUT2D eigenvalue weighted by Gasteiger charge is 2.30. The van der Waals surface area contributed by atoms with E-state index in [1.165, 1.54) is 12.1 Å². The average molecular weight is 452 g/mol. The fourth-order valence-electron chi connectivity index (χ4n) is 3.54. The smallest absolute Gasteiger partial charge is 0.374 e. The Morgan fingerprint density at radius 2 is 1.82 bits per heavy atom. The van der Waals surface area contributed by atoms with Gasteiger partial charge in [0.1, 0.15) is 11.9 Å². The zero-order valence-corrected chi connectivity index (χ0v) is 17.7. The number of pyridine rings is 1. The van der Waals surface area contributed by atoms with Crippen LogP contribution in [0.1, 0.15) is 24.4 Å². The van der Waals surface area contributed by atoms with Crippen LogP contribution in [0, 0.1) is 0 Å². The van der Waals surface area contributed by atoms with Gasteiger partial charge >= 0.3 is 6.18 Å². The molecule has 0 amide bonds. The largest absolute Gasteiger partial charge is 0.416 e. The summed E-state index contributed by atoms with van der Waals surface area (Å²) in [6, 6.07) is 16.2. The van der Waals surface area contributed by atoms with Gasteiger partial charge in [0, 0.05) is 18.4 Å². The molecule has 3 aromatic heterocycles. The van der Waals surface area contributed by atoms with Crippen LogP contribution < -0.4 is 5.32 Å².